The van der Waals surface area contributed by atoms with Crippen molar-refractivity contribution >= 4 is 29.9 Å². The zero-order chi connectivity index (χ0) is 11.5. The van der Waals surface area contributed by atoms with E-state index in [1.54, 1.807) is 12.1 Å². The molecule has 2 N–H and O–H groups in total. The quantitative estimate of drug-likeness (QED) is 0.708. The Bertz CT molecular complexity index is 369. The lowest BCUT2D eigenvalue weighted by atomic mass is 9.80. The third-order valence-electron chi connectivity index (χ3n) is 2.62. The summed E-state index contributed by atoms with van der Waals surface area (Å²) in [4.78, 5) is 2.12. The second kappa shape index (κ2) is 5.06. The van der Waals surface area contributed by atoms with E-state index in [-0.39, 0.29) is 0 Å². The van der Waals surface area contributed by atoms with E-state index < -0.39 is 7.12 Å². The van der Waals surface area contributed by atoms with Crippen LogP contribution >= 0.6 is 11.6 Å². The number of nitrogens with zero attached hydrogens (tertiary/aromatic N) is 1. The fraction of sp³-hybridized carbons (Fsp3) is 0.400. The van der Waals surface area contributed by atoms with Crippen molar-refractivity contribution in [1.82, 2.24) is 0 Å². The predicted octanol–water partition coefficient (Wildman–Crippen LogP) is -0.144. The number of morpholine rings is 1. The Morgan fingerprint density at radius 2 is 1.94 bits per heavy atom. The molecule has 0 amide bonds. The topological polar surface area (TPSA) is 52.9 Å². The molecule has 1 aromatic rings. The van der Waals surface area contributed by atoms with Gasteiger partial charge in [0.1, 0.15) is 0 Å². The Hall–Kier alpha value is -0.745. The molecule has 2 rings (SSSR count). The van der Waals surface area contributed by atoms with E-state index in [9.17, 15) is 0 Å². The molecule has 1 aromatic carbocycles. The van der Waals surface area contributed by atoms with Crippen LogP contribution in [0.2, 0.25) is 5.02 Å². The molecule has 0 saturated carbocycles. The van der Waals surface area contributed by atoms with Crippen molar-refractivity contribution in [2.45, 2.75) is 0 Å². The smallest absolute Gasteiger partial charge is 0.423 e. The van der Waals surface area contributed by atoms with Crippen LogP contribution in [0.1, 0.15) is 0 Å². The van der Waals surface area contributed by atoms with E-state index >= 15 is 0 Å². The van der Waals surface area contributed by atoms with Gasteiger partial charge >= 0.3 is 7.12 Å². The second-order valence-electron chi connectivity index (χ2n) is 3.68. The Labute approximate surface area is 99.5 Å². The summed E-state index contributed by atoms with van der Waals surface area (Å²) in [5.41, 5.74) is 1.32. The van der Waals surface area contributed by atoms with Crippen molar-refractivity contribution < 1.29 is 14.8 Å². The third kappa shape index (κ3) is 2.49. The van der Waals surface area contributed by atoms with Gasteiger partial charge in [0.15, 0.2) is 0 Å². The molecule has 16 heavy (non-hydrogen) atoms. The fourth-order valence-corrected chi connectivity index (χ4v) is 2.05. The van der Waals surface area contributed by atoms with Crippen molar-refractivity contribution in [2.24, 2.45) is 0 Å². The first-order chi connectivity index (χ1) is 7.68. The van der Waals surface area contributed by atoms with Crippen LogP contribution in [0.25, 0.3) is 0 Å². The molecule has 1 heterocycles. The van der Waals surface area contributed by atoms with Crippen LogP contribution in [-0.4, -0.2) is 43.5 Å². The maximum absolute atomic E-state index is 9.01. The van der Waals surface area contributed by atoms with E-state index in [0.717, 1.165) is 18.8 Å². The lowest BCUT2D eigenvalue weighted by molar-refractivity contribution is 0.122. The average molecular weight is 241 g/mol. The summed E-state index contributed by atoms with van der Waals surface area (Å²) >= 11 is 6.10. The maximum atomic E-state index is 9.01. The highest BCUT2D eigenvalue weighted by atomic mass is 35.5. The van der Waals surface area contributed by atoms with Gasteiger partial charge in [0.05, 0.1) is 23.9 Å². The van der Waals surface area contributed by atoms with E-state index in [1.807, 2.05) is 6.07 Å². The molecule has 0 aromatic heterocycles. The number of benzene rings is 1. The number of hydrogen-bond donors (Lipinski definition) is 2. The highest BCUT2D eigenvalue weighted by Crippen LogP contribution is 2.25. The lowest BCUT2D eigenvalue weighted by Crippen LogP contribution is -2.37. The molecule has 6 heteroatoms. The summed E-state index contributed by atoms with van der Waals surface area (Å²) in [5.74, 6) is 0. The minimum atomic E-state index is -1.48. The van der Waals surface area contributed by atoms with Crippen LogP contribution in [-0.2, 0) is 4.74 Å². The van der Waals surface area contributed by atoms with E-state index in [1.165, 1.54) is 0 Å². The SMILES string of the molecule is OB(O)c1ccc(N2CCOCC2)c(Cl)c1. The largest absolute Gasteiger partial charge is 0.488 e. The van der Waals surface area contributed by atoms with Gasteiger partial charge in [-0.05, 0) is 17.6 Å². The van der Waals surface area contributed by atoms with E-state index in [4.69, 9.17) is 26.4 Å². The van der Waals surface area contributed by atoms with Crippen LogP contribution in [0.3, 0.4) is 0 Å². The van der Waals surface area contributed by atoms with Gasteiger partial charge in [-0.3, -0.25) is 0 Å². The average Bonchev–Trinajstić information content (AvgIpc) is 2.30. The second-order valence-corrected chi connectivity index (χ2v) is 4.09. The van der Waals surface area contributed by atoms with Crippen molar-refractivity contribution in [3.63, 3.8) is 0 Å². The highest BCUT2D eigenvalue weighted by molar-refractivity contribution is 6.59. The van der Waals surface area contributed by atoms with Gasteiger partial charge in [-0.2, -0.15) is 0 Å². The van der Waals surface area contributed by atoms with Crippen molar-refractivity contribution in [2.75, 3.05) is 31.2 Å². The molecule has 86 valence electrons. The van der Waals surface area contributed by atoms with Gasteiger partial charge in [0, 0.05) is 13.1 Å². The standard InChI is InChI=1S/C10H13BClNO3/c12-9-7-8(11(14)15)1-2-10(9)13-3-5-16-6-4-13/h1-2,7,14-15H,3-6H2. The highest BCUT2D eigenvalue weighted by Gasteiger charge is 2.17. The van der Waals surface area contributed by atoms with Crippen LogP contribution < -0.4 is 10.4 Å². The monoisotopic (exact) mass is 241 g/mol. The molecule has 1 aliphatic heterocycles. The summed E-state index contributed by atoms with van der Waals surface area (Å²) in [5, 5.41) is 18.6. The molecular weight excluding hydrogens is 228 g/mol. The molecular formula is C10H13BClNO3. The third-order valence-corrected chi connectivity index (χ3v) is 2.92. The molecule has 0 unspecified atom stereocenters. The van der Waals surface area contributed by atoms with Crippen molar-refractivity contribution in [3.8, 4) is 0 Å². The number of anilines is 1. The molecule has 1 saturated heterocycles. The number of halogens is 1. The first-order valence-electron chi connectivity index (χ1n) is 5.17. The van der Waals surface area contributed by atoms with Crippen molar-refractivity contribution in [3.05, 3.63) is 23.2 Å². The summed E-state index contributed by atoms with van der Waals surface area (Å²) in [7, 11) is -1.48. The van der Waals surface area contributed by atoms with Gasteiger partial charge < -0.3 is 19.7 Å². The maximum Gasteiger partial charge on any atom is 0.488 e. The summed E-state index contributed by atoms with van der Waals surface area (Å²) in [6.45, 7) is 3.00. The van der Waals surface area contributed by atoms with Gasteiger partial charge in [-0.15, -0.1) is 0 Å². The first-order valence-corrected chi connectivity index (χ1v) is 5.54. The van der Waals surface area contributed by atoms with Crippen LogP contribution in [0.15, 0.2) is 18.2 Å². The number of ether oxygens (including phenoxy) is 1. The molecule has 0 aliphatic carbocycles. The van der Waals surface area contributed by atoms with Crippen LogP contribution in [0, 0.1) is 0 Å². The summed E-state index contributed by atoms with van der Waals surface area (Å²) in [6.07, 6.45) is 0. The molecule has 0 radical (unpaired) electrons. The van der Waals surface area contributed by atoms with Gasteiger partial charge in [-0.1, -0.05) is 17.7 Å². The first kappa shape index (κ1) is 11.7. The Kier molecular flexibility index (Phi) is 3.71. The lowest BCUT2D eigenvalue weighted by Gasteiger charge is -2.29. The normalized spacial score (nSPS) is 16.3. The van der Waals surface area contributed by atoms with Gasteiger partial charge in [-0.25, -0.2) is 0 Å². The summed E-state index contributed by atoms with van der Waals surface area (Å²) < 4.78 is 5.26. The molecule has 1 fully saturated rings. The van der Waals surface area contributed by atoms with Crippen LogP contribution in [0.5, 0.6) is 0 Å². The van der Waals surface area contributed by atoms with Gasteiger partial charge in [0.2, 0.25) is 0 Å². The predicted molar refractivity (Wildman–Crippen MR) is 64.3 cm³/mol. The van der Waals surface area contributed by atoms with Gasteiger partial charge in [0.25, 0.3) is 0 Å². The van der Waals surface area contributed by atoms with Crippen LogP contribution in [0.4, 0.5) is 5.69 Å². The Balaban J connectivity index is 2.21. The minimum Gasteiger partial charge on any atom is -0.423 e. The fourth-order valence-electron chi connectivity index (χ4n) is 1.74. The van der Waals surface area contributed by atoms with Crippen molar-refractivity contribution in [1.29, 1.82) is 0 Å². The summed E-state index contributed by atoms with van der Waals surface area (Å²) in [6, 6.07) is 5.06. The molecule has 4 nitrogen and oxygen atoms in total. The number of rotatable bonds is 2. The molecule has 0 spiro atoms. The zero-order valence-electron chi connectivity index (χ0n) is 8.77. The zero-order valence-corrected chi connectivity index (χ0v) is 9.52. The van der Waals surface area contributed by atoms with E-state index in [0.29, 0.717) is 23.7 Å². The molecule has 0 atom stereocenters. The Morgan fingerprint density at radius 1 is 1.25 bits per heavy atom. The minimum absolute atomic E-state index is 0.405. The molecule has 0 bridgehead atoms. The van der Waals surface area contributed by atoms with E-state index in [2.05, 4.69) is 4.90 Å². The Morgan fingerprint density at radius 3 is 2.50 bits per heavy atom. The number of hydrogen-bond acceptors (Lipinski definition) is 4. The molecule has 1 aliphatic rings.